The van der Waals surface area contributed by atoms with Crippen molar-refractivity contribution in [2.45, 2.75) is 18.9 Å². The zero-order chi connectivity index (χ0) is 13.1. The third-order valence-electron chi connectivity index (χ3n) is 3.22. The number of carbonyl (C=O) groups is 1. The number of rotatable bonds is 4. The van der Waals surface area contributed by atoms with Crippen LogP contribution in [0.5, 0.6) is 0 Å². The topological polar surface area (TPSA) is 92.5 Å². The molecule has 1 fully saturated rings. The Bertz CT molecular complexity index is 481. The molecule has 7 heteroatoms. The van der Waals surface area contributed by atoms with E-state index in [2.05, 4.69) is 5.32 Å². The second-order valence-corrected chi connectivity index (χ2v) is 4.49. The normalized spacial score (nSPS) is 21.7. The van der Waals surface area contributed by atoms with Gasteiger partial charge in [-0.1, -0.05) is 18.2 Å². The predicted molar refractivity (Wildman–Crippen MR) is 71.6 cm³/mol. The molecule has 2 N–H and O–H groups in total. The van der Waals surface area contributed by atoms with Crippen LogP contribution in [0.25, 0.3) is 0 Å². The highest BCUT2D eigenvalue weighted by Gasteiger charge is 2.30. The van der Waals surface area contributed by atoms with Crippen LogP contribution in [0.4, 0.5) is 5.69 Å². The van der Waals surface area contributed by atoms with Gasteiger partial charge in [0.2, 0.25) is 0 Å². The molecule has 0 saturated carbocycles. The number of nitrogens with one attached hydrogen (secondary N) is 1. The Hall–Kier alpha value is -1.66. The first-order chi connectivity index (χ1) is 8.58. The van der Waals surface area contributed by atoms with Crippen LogP contribution in [0.3, 0.4) is 0 Å². The van der Waals surface area contributed by atoms with Gasteiger partial charge >= 0.3 is 5.97 Å². The van der Waals surface area contributed by atoms with E-state index < -0.39 is 16.9 Å². The molecule has 1 aromatic carbocycles. The first-order valence-electron chi connectivity index (χ1n) is 5.76. The van der Waals surface area contributed by atoms with Crippen LogP contribution in [0.1, 0.15) is 12.0 Å². The number of para-hydroxylation sites is 1. The third-order valence-corrected chi connectivity index (χ3v) is 3.22. The molecule has 1 aromatic rings. The number of hydrogen-bond donors (Lipinski definition) is 2. The highest BCUT2D eigenvalue weighted by atomic mass is 35.5. The minimum Gasteiger partial charge on any atom is -0.480 e. The molecular weight excluding hydrogens is 272 g/mol. The molecule has 104 valence electrons. The van der Waals surface area contributed by atoms with Gasteiger partial charge in [-0.25, -0.2) is 0 Å². The highest BCUT2D eigenvalue weighted by molar-refractivity contribution is 5.85. The van der Waals surface area contributed by atoms with Crippen molar-refractivity contribution in [2.24, 2.45) is 5.92 Å². The lowest BCUT2D eigenvalue weighted by atomic mass is 9.96. The molecule has 1 aliphatic rings. The number of nitro benzene ring substituents is 1. The Kier molecular flexibility index (Phi) is 5.26. The van der Waals surface area contributed by atoms with Gasteiger partial charge in [-0.15, -0.1) is 12.4 Å². The monoisotopic (exact) mass is 286 g/mol. The lowest BCUT2D eigenvalue weighted by Gasteiger charge is -2.08. The molecule has 0 aliphatic carbocycles. The van der Waals surface area contributed by atoms with Crippen LogP contribution in [-0.2, 0) is 11.2 Å². The molecule has 6 nitrogen and oxygen atoms in total. The molecule has 0 bridgehead atoms. The van der Waals surface area contributed by atoms with E-state index in [0.717, 1.165) is 0 Å². The quantitative estimate of drug-likeness (QED) is 0.648. The summed E-state index contributed by atoms with van der Waals surface area (Å²) >= 11 is 0. The molecule has 0 radical (unpaired) electrons. The fourth-order valence-electron chi connectivity index (χ4n) is 2.33. The van der Waals surface area contributed by atoms with E-state index in [9.17, 15) is 14.9 Å². The largest absolute Gasteiger partial charge is 0.480 e. The Morgan fingerprint density at radius 1 is 1.47 bits per heavy atom. The van der Waals surface area contributed by atoms with Crippen molar-refractivity contribution in [2.75, 3.05) is 6.54 Å². The van der Waals surface area contributed by atoms with Crippen molar-refractivity contribution in [3.8, 4) is 0 Å². The maximum absolute atomic E-state index is 10.9. The van der Waals surface area contributed by atoms with E-state index in [0.29, 0.717) is 24.9 Å². The van der Waals surface area contributed by atoms with Gasteiger partial charge in [0.25, 0.3) is 5.69 Å². The van der Waals surface area contributed by atoms with Crippen molar-refractivity contribution in [3.63, 3.8) is 0 Å². The van der Waals surface area contributed by atoms with Gasteiger partial charge in [-0.2, -0.15) is 0 Å². The average Bonchev–Trinajstić information content (AvgIpc) is 2.78. The minimum atomic E-state index is -0.861. The number of benzene rings is 1. The standard InChI is InChI=1S/C12H14N2O4.ClH/c15-12(16)10-6-8(7-13-10)5-9-3-1-2-4-11(9)14(17)18;/h1-4,8,10,13H,5-7H2,(H,15,16);1H/t8-,10+;/m0./s1. The summed E-state index contributed by atoms with van der Waals surface area (Å²) < 4.78 is 0. The number of carboxylic acids is 1. The number of hydrogen-bond acceptors (Lipinski definition) is 4. The molecule has 1 aliphatic heterocycles. The fourth-order valence-corrected chi connectivity index (χ4v) is 2.33. The number of nitrogens with zero attached hydrogens (tertiary/aromatic N) is 1. The van der Waals surface area contributed by atoms with E-state index in [1.165, 1.54) is 6.07 Å². The SMILES string of the molecule is Cl.O=C(O)[C@H]1C[C@H](Cc2ccccc2[N+](=O)[O-])CN1. The molecule has 0 aromatic heterocycles. The first kappa shape index (κ1) is 15.4. The summed E-state index contributed by atoms with van der Waals surface area (Å²) in [6, 6.07) is 6.07. The van der Waals surface area contributed by atoms with Crippen molar-refractivity contribution < 1.29 is 14.8 Å². The van der Waals surface area contributed by atoms with Crippen molar-refractivity contribution >= 4 is 24.1 Å². The summed E-state index contributed by atoms with van der Waals surface area (Å²) in [5.74, 6) is -0.729. The molecule has 19 heavy (non-hydrogen) atoms. The second-order valence-electron chi connectivity index (χ2n) is 4.49. The smallest absolute Gasteiger partial charge is 0.320 e. The van der Waals surface area contributed by atoms with Gasteiger partial charge in [0, 0.05) is 11.6 Å². The van der Waals surface area contributed by atoms with Crippen molar-refractivity contribution in [1.29, 1.82) is 0 Å². The third kappa shape index (κ3) is 3.65. The van der Waals surface area contributed by atoms with Crippen LogP contribution in [0.2, 0.25) is 0 Å². The number of halogens is 1. The van der Waals surface area contributed by atoms with E-state index in [4.69, 9.17) is 5.11 Å². The number of carboxylic acid groups (broad SMARTS) is 1. The van der Waals surface area contributed by atoms with Gasteiger partial charge in [-0.3, -0.25) is 14.9 Å². The average molecular weight is 287 g/mol. The van der Waals surface area contributed by atoms with Crippen LogP contribution >= 0.6 is 12.4 Å². The van der Waals surface area contributed by atoms with Crippen LogP contribution in [0.15, 0.2) is 24.3 Å². The van der Waals surface area contributed by atoms with Crippen LogP contribution in [0, 0.1) is 16.0 Å². The van der Waals surface area contributed by atoms with E-state index in [1.807, 2.05) is 0 Å². The fraction of sp³-hybridized carbons (Fsp3) is 0.417. The van der Waals surface area contributed by atoms with E-state index in [1.54, 1.807) is 18.2 Å². The van der Waals surface area contributed by atoms with Gasteiger partial charge in [0.05, 0.1) is 4.92 Å². The summed E-state index contributed by atoms with van der Waals surface area (Å²) in [6.45, 7) is 0.586. The summed E-state index contributed by atoms with van der Waals surface area (Å²) in [7, 11) is 0. The Morgan fingerprint density at radius 3 is 2.74 bits per heavy atom. The summed E-state index contributed by atoms with van der Waals surface area (Å²) in [5, 5.41) is 22.6. The molecule has 2 rings (SSSR count). The molecule has 1 saturated heterocycles. The summed E-state index contributed by atoms with van der Waals surface area (Å²) in [4.78, 5) is 21.3. The molecule has 0 amide bonds. The maximum Gasteiger partial charge on any atom is 0.320 e. The first-order valence-corrected chi connectivity index (χ1v) is 5.76. The number of aliphatic carboxylic acids is 1. The van der Waals surface area contributed by atoms with Crippen LogP contribution < -0.4 is 5.32 Å². The molecule has 1 heterocycles. The molecular formula is C12H15ClN2O4. The van der Waals surface area contributed by atoms with E-state index >= 15 is 0 Å². The Balaban J connectivity index is 0.00000180. The summed E-state index contributed by atoms with van der Waals surface area (Å²) in [5.41, 5.74) is 0.775. The Morgan fingerprint density at radius 2 is 2.16 bits per heavy atom. The predicted octanol–water partition coefficient (Wildman–Crippen LogP) is 1.62. The molecule has 0 unspecified atom stereocenters. The van der Waals surface area contributed by atoms with Crippen LogP contribution in [-0.4, -0.2) is 28.6 Å². The van der Waals surface area contributed by atoms with Gasteiger partial charge in [0.1, 0.15) is 6.04 Å². The van der Waals surface area contributed by atoms with Gasteiger partial charge in [-0.05, 0) is 25.3 Å². The molecule has 0 spiro atoms. The molecule has 2 atom stereocenters. The zero-order valence-electron chi connectivity index (χ0n) is 10.1. The zero-order valence-corrected chi connectivity index (χ0v) is 10.9. The van der Waals surface area contributed by atoms with Gasteiger partial charge in [0.15, 0.2) is 0 Å². The lowest BCUT2D eigenvalue weighted by molar-refractivity contribution is -0.385. The van der Waals surface area contributed by atoms with Crippen molar-refractivity contribution in [3.05, 3.63) is 39.9 Å². The van der Waals surface area contributed by atoms with Gasteiger partial charge < -0.3 is 10.4 Å². The van der Waals surface area contributed by atoms with Crippen molar-refractivity contribution in [1.82, 2.24) is 5.32 Å². The summed E-state index contributed by atoms with van der Waals surface area (Å²) in [6.07, 6.45) is 1.05. The minimum absolute atomic E-state index is 0. The maximum atomic E-state index is 10.9. The lowest BCUT2D eigenvalue weighted by Crippen LogP contribution is -2.29. The number of nitro groups is 1. The Labute approximate surface area is 116 Å². The highest BCUT2D eigenvalue weighted by Crippen LogP contribution is 2.25. The van der Waals surface area contributed by atoms with E-state index in [-0.39, 0.29) is 24.0 Å². The second kappa shape index (κ2) is 6.49.